The van der Waals surface area contributed by atoms with Gasteiger partial charge in [0.25, 0.3) is 0 Å². The molecule has 0 saturated heterocycles. The van der Waals surface area contributed by atoms with Crippen LogP contribution >= 0.6 is 0 Å². The molecule has 0 aliphatic rings. The number of rotatable bonds is 2. The number of anilines is 1. The third kappa shape index (κ3) is 1.83. The second-order valence-corrected chi connectivity index (χ2v) is 4.15. The van der Waals surface area contributed by atoms with Gasteiger partial charge in [0.15, 0.2) is 5.58 Å². The normalized spacial score (nSPS) is 10.9. The molecule has 1 aromatic heterocycles. The van der Waals surface area contributed by atoms with Crippen LogP contribution in [0.4, 0.5) is 5.69 Å². The summed E-state index contributed by atoms with van der Waals surface area (Å²) in [6.45, 7) is 0.500. The van der Waals surface area contributed by atoms with Crippen LogP contribution in [0, 0.1) is 0 Å². The molecule has 0 aliphatic heterocycles. The van der Waals surface area contributed by atoms with Crippen molar-refractivity contribution in [1.82, 2.24) is 4.98 Å². The van der Waals surface area contributed by atoms with E-state index in [-0.39, 0.29) is 0 Å². The predicted octanol–water partition coefficient (Wildman–Crippen LogP) is 2.54. The minimum atomic E-state index is 0.500. The molecule has 0 radical (unpaired) electrons. The van der Waals surface area contributed by atoms with Crippen LogP contribution in [0.1, 0.15) is 5.56 Å². The molecule has 0 saturated carbocycles. The van der Waals surface area contributed by atoms with Crippen molar-refractivity contribution < 1.29 is 4.42 Å². The molecule has 1 heterocycles. The SMILES string of the molecule is NCc1ccc2oc(-c3ccc(N)cc3)nc2c1. The summed E-state index contributed by atoms with van der Waals surface area (Å²) >= 11 is 0. The minimum Gasteiger partial charge on any atom is -0.436 e. The lowest BCUT2D eigenvalue weighted by Crippen LogP contribution is -1.94. The molecule has 90 valence electrons. The molecule has 3 rings (SSSR count). The topological polar surface area (TPSA) is 78.1 Å². The van der Waals surface area contributed by atoms with E-state index in [2.05, 4.69) is 4.98 Å². The summed E-state index contributed by atoms with van der Waals surface area (Å²) in [4.78, 5) is 4.46. The number of hydrogen-bond acceptors (Lipinski definition) is 4. The van der Waals surface area contributed by atoms with Crippen LogP contribution < -0.4 is 11.5 Å². The molecule has 4 heteroatoms. The van der Waals surface area contributed by atoms with Crippen LogP contribution in [0.5, 0.6) is 0 Å². The van der Waals surface area contributed by atoms with Gasteiger partial charge in [0.2, 0.25) is 5.89 Å². The largest absolute Gasteiger partial charge is 0.436 e. The first-order chi connectivity index (χ1) is 8.76. The second-order valence-electron chi connectivity index (χ2n) is 4.15. The maximum absolute atomic E-state index is 5.70. The number of oxazole rings is 1. The predicted molar refractivity (Wildman–Crippen MR) is 71.7 cm³/mol. The number of nitrogens with two attached hydrogens (primary N) is 2. The Kier molecular flexibility index (Phi) is 2.50. The van der Waals surface area contributed by atoms with Crippen LogP contribution in [0.2, 0.25) is 0 Å². The quantitative estimate of drug-likeness (QED) is 0.673. The standard InChI is InChI=1S/C14H13N3O/c15-8-9-1-6-13-12(7-9)17-14(18-13)10-2-4-11(16)5-3-10/h1-7H,8,15-16H2. The highest BCUT2D eigenvalue weighted by molar-refractivity contribution is 5.77. The van der Waals surface area contributed by atoms with E-state index < -0.39 is 0 Å². The van der Waals surface area contributed by atoms with Crippen molar-refractivity contribution in [3.05, 3.63) is 48.0 Å². The van der Waals surface area contributed by atoms with Crippen LogP contribution in [0.3, 0.4) is 0 Å². The molecule has 4 N–H and O–H groups in total. The Bertz CT molecular complexity index is 686. The maximum Gasteiger partial charge on any atom is 0.227 e. The third-order valence-electron chi connectivity index (χ3n) is 2.85. The zero-order valence-electron chi connectivity index (χ0n) is 9.76. The summed E-state index contributed by atoms with van der Waals surface area (Å²) in [7, 11) is 0. The van der Waals surface area contributed by atoms with Gasteiger partial charge in [0.05, 0.1) is 0 Å². The van der Waals surface area contributed by atoms with Gasteiger partial charge in [-0.25, -0.2) is 4.98 Å². The zero-order valence-corrected chi connectivity index (χ0v) is 9.76. The molecule has 18 heavy (non-hydrogen) atoms. The van der Waals surface area contributed by atoms with Crippen molar-refractivity contribution in [2.24, 2.45) is 5.73 Å². The van der Waals surface area contributed by atoms with Crippen molar-refractivity contribution >= 4 is 16.8 Å². The van der Waals surface area contributed by atoms with Crippen molar-refractivity contribution in [3.63, 3.8) is 0 Å². The smallest absolute Gasteiger partial charge is 0.227 e. The van der Waals surface area contributed by atoms with E-state index in [1.54, 1.807) is 0 Å². The monoisotopic (exact) mass is 239 g/mol. The number of nitrogen functional groups attached to an aromatic ring is 1. The Hall–Kier alpha value is -2.33. The van der Waals surface area contributed by atoms with E-state index in [9.17, 15) is 0 Å². The Morgan fingerprint density at radius 3 is 2.56 bits per heavy atom. The van der Waals surface area contributed by atoms with E-state index in [1.807, 2.05) is 42.5 Å². The van der Waals surface area contributed by atoms with Gasteiger partial charge < -0.3 is 15.9 Å². The van der Waals surface area contributed by atoms with Gasteiger partial charge in [-0.05, 0) is 42.0 Å². The summed E-state index contributed by atoms with van der Waals surface area (Å²) in [5.41, 5.74) is 15.5. The van der Waals surface area contributed by atoms with Gasteiger partial charge in [0.1, 0.15) is 5.52 Å². The van der Waals surface area contributed by atoms with Crippen molar-refractivity contribution in [1.29, 1.82) is 0 Å². The van der Waals surface area contributed by atoms with Gasteiger partial charge in [-0.1, -0.05) is 6.07 Å². The van der Waals surface area contributed by atoms with Gasteiger partial charge in [-0.2, -0.15) is 0 Å². The molecule has 2 aromatic carbocycles. The molecule has 0 amide bonds. The fourth-order valence-electron chi connectivity index (χ4n) is 1.85. The highest BCUT2D eigenvalue weighted by atomic mass is 16.3. The molecule has 0 unspecified atom stereocenters. The van der Waals surface area contributed by atoms with Gasteiger partial charge in [-0.3, -0.25) is 0 Å². The first-order valence-corrected chi connectivity index (χ1v) is 5.72. The summed E-state index contributed by atoms with van der Waals surface area (Å²) in [6.07, 6.45) is 0. The highest BCUT2D eigenvalue weighted by Gasteiger charge is 2.08. The van der Waals surface area contributed by atoms with Gasteiger partial charge in [-0.15, -0.1) is 0 Å². The molecule has 0 fully saturated rings. The number of nitrogens with zero attached hydrogens (tertiary/aromatic N) is 1. The Morgan fingerprint density at radius 1 is 1.06 bits per heavy atom. The van der Waals surface area contributed by atoms with Gasteiger partial charge in [0, 0.05) is 17.8 Å². The van der Waals surface area contributed by atoms with E-state index in [0.29, 0.717) is 12.4 Å². The first kappa shape index (κ1) is 10.8. The molecular weight excluding hydrogens is 226 g/mol. The third-order valence-corrected chi connectivity index (χ3v) is 2.85. The molecule has 4 nitrogen and oxygen atoms in total. The fraction of sp³-hybridized carbons (Fsp3) is 0.0714. The fourth-order valence-corrected chi connectivity index (χ4v) is 1.85. The maximum atomic E-state index is 5.70. The molecule has 3 aromatic rings. The van der Waals surface area contributed by atoms with E-state index in [0.717, 1.165) is 27.9 Å². The zero-order chi connectivity index (χ0) is 12.5. The summed E-state index contributed by atoms with van der Waals surface area (Å²) in [6, 6.07) is 13.2. The average molecular weight is 239 g/mol. The Labute approximate surface area is 104 Å². The molecular formula is C14H13N3O. The van der Waals surface area contributed by atoms with Crippen LogP contribution in [-0.4, -0.2) is 4.98 Å². The van der Waals surface area contributed by atoms with Crippen LogP contribution in [0.25, 0.3) is 22.6 Å². The van der Waals surface area contributed by atoms with Crippen molar-refractivity contribution in [2.75, 3.05) is 5.73 Å². The Balaban J connectivity index is 2.10. The van der Waals surface area contributed by atoms with Crippen LogP contribution in [0.15, 0.2) is 46.9 Å². The number of fused-ring (bicyclic) bond motifs is 1. The van der Waals surface area contributed by atoms with Crippen molar-refractivity contribution in [3.8, 4) is 11.5 Å². The molecule has 0 spiro atoms. The summed E-state index contributed by atoms with van der Waals surface area (Å²) in [5.74, 6) is 0.596. The summed E-state index contributed by atoms with van der Waals surface area (Å²) in [5, 5.41) is 0. The Morgan fingerprint density at radius 2 is 1.83 bits per heavy atom. The number of aromatic nitrogens is 1. The van der Waals surface area contributed by atoms with E-state index >= 15 is 0 Å². The van der Waals surface area contributed by atoms with Gasteiger partial charge >= 0.3 is 0 Å². The van der Waals surface area contributed by atoms with Crippen molar-refractivity contribution in [2.45, 2.75) is 6.54 Å². The lowest BCUT2D eigenvalue weighted by Gasteiger charge is -1.95. The summed E-state index contributed by atoms with van der Waals surface area (Å²) < 4.78 is 5.70. The number of hydrogen-bond donors (Lipinski definition) is 2. The minimum absolute atomic E-state index is 0.500. The molecule has 0 bridgehead atoms. The second kappa shape index (κ2) is 4.16. The van der Waals surface area contributed by atoms with E-state index in [1.165, 1.54) is 0 Å². The lowest BCUT2D eigenvalue weighted by atomic mass is 10.2. The average Bonchev–Trinajstić information content (AvgIpc) is 2.82. The molecule has 0 atom stereocenters. The highest BCUT2D eigenvalue weighted by Crippen LogP contribution is 2.25. The number of benzene rings is 2. The first-order valence-electron chi connectivity index (χ1n) is 5.72. The lowest BCUT2D eigenvalue weighted by molar-refractivity contribution is 0.620. The molecule has 0 aliphatic carbocycles. The van der Waals surface area contributed by atoms with Crippen LogP contribution in [-0.2, 0) is 6.54 Å². The van der Waals surface area contributed by atoms with E-state index in [4.69, 9.17) is 15.9 Å².